The Morgan fingerprint density at radius 2 is 1.81 bits per heavy atom. The number of halogens is 3. The molecular weight excluding hydrogens is 359 g/mol. The van der Waals surface area contributed by atoms with E-state index in [2.05, 4.69) is 15.9 Å². The van der Waals surface area contributed by atoms with Crippen LogP contribution >= 0.6 is 27.5 Å². The van der Waals surface area contributed by atoms with Gasteiger partial charge in [-0.15, -0.1) is 11.6 Å². The lowest BCUT2D eigenvalue weighted by atomic mass is 10.0. The highest BCUT2D eigenvalue weighted by Crippen LogP contribution is 2.32. The Morgan fingerprint density at radius 3 is 2.43 bits per heavy atom. The molecule has 5 heteroatoms. The highest BCUT2D eigenvalue weighted by molar-refractivity contribution is 9.10. The van der Waals surface area contributed by atoms with Crippen LogP contribution in [0.15, 0.2) is 40.9 Å². The minimum atomic E-state index is -0.448. The van der Waals surface area contributed by atoms with Crippen molar-refractivity contribution in [2.75, 3.05) is 14.2 Å². The SMILES string of the molecule is COc1ccc(CC(Cl)c2ccc(Br)cc2F)cc1OC. The second-order valence-electron chi connectivity index (χ2n) is 4.53. The van der Waals surface area contributed by atoms with Gasteiger partial charge in [0.15, 0.2) is 11.5 Å². The Labute approximate surface area is 137 Å². The minimum Gasteiger partial charge on any atom is -0.493 e. The zero-order valence-corrected chi connectivity index (χ0v) is 14.0. The number of methoxy groups -OCH3 is 2. The summed E-state index contributed by atoms with van der Waals surface area (Å²) in [5.74, 6) is 0.974. The van der Waals surface area contributed by atoms with Crippen molar-refractivity contribution in [2.45, 2.75) is 11.8 Å². The third-order valence-electron chi connectivity index (χ3n) is 3.16. The molecule has 0 aromatic heterocycles. The standard InChI is InChI=1S/C16H15BrClFO2/c1-20-15-6-3-10(8-16(15)21-2)7-13(18)12-5-4-11(17)9-14(12)19/h3-6,8-9,13H,7H2,1-2H3. The summed E-state index contributed by atoms with van der Waals surface area (Å²) in [6, 6.07) is 10.5. The van der Waals surface area contributed by atoms with Crippen LogP contribution < -0.4 is 9.47 Å². The molecule has 0 N–H and O–H groups in total. The van der Waals surface area contributed by atoms with Crippen LogP contribution in [0.3, 0.4) is 0 Å². The van der Waals surface area contributed by atoms with E-state index in [0.29, 0.717) is 28.0 Å². The van der Waals surface area contributed by atoms with Gasteiger partial charge >= 0.3 is 0 Å². The van der Waals surface area contributed by atoms with Gasteiger partial charge in [0.2, 0.25) is 0 Å². The van der Waals surface area contributed by atoms with Gasteiger partial charge in [0, 0.05) is 10.0 Å². The van der Waals surface area contributed by atoms with Crippen molar-refractivity contribution in [3.8, 4) is 11.5 Å². The first-order chi connectivity index (χ1) is 10.0. The average molecular weight is 374 g/mol. The number of benzene rings is 2. The van der Waals surface area contributed by atoms with Gasteiger partial charge in [-0.2, -0.15) is 0 Å². The monoisotopic (exact) mass is 372 g/mol. The van der Waals surface area contributed by atoms with Gasteiger partial charge in [0.25, 0.3) is 0 Å². The fraction of sp³-hybridized carbons (Fsp3) is 0.250. The molecule has 0 amide bonds. The highest BCUT2D eigenvalue weighted by atomic mass is 79.9. The van der Waals surface area contributed by atoms with Crippen LogP contribution in [0.2, 0.25) is 0 Å². The van der Waals surface area contributed by atoms with E-state index in [1.807, 2.05) is 18.2 Å². The summed E-state index contributed by atoms with van der Waals surface area (Å²) in [5.41, 5.74) is 1.43. The molecular formula is C16H15BrClFO2. The molecule has 2 aromatic carbocycles. The summed E-state index contributed by atoms with van der Waals surface area (Å²) >= 11 is 9.57. The van der Waals surface area contributed by atoms with Crippen molar-refractivity contribution in [2.24, 2.45) is 0 Å². The molecule has 0 aliphatic heterocycles. The third kappa shape index (κ3) is 3.89. The Bertz CT molecular complexity index is 634. The summed E-state index contributed by atoms with van der Waals surface area (Å²) < 4.78 is 25.0. The van der Waals surface area contributed by atoms with E-state index in [1.165, 1.54) is 6.07 Å². The maximum atomic E-state index is 13.9. The molecule has 0 heterocycles. The van der Waals surface area contributed by atoms with E-state index >= 15 is 0 Å². The quantitative estimate of drug-likeness (QED) is 0.677. The van der Waals surface area contributed by atoms with Gasteiger partial charge < -0.3 is 9.47 Å². The molecule has 0 fully saturated rings. The summed E-state index contributed by atoms with van der Waals surface area (Å²) in [6.45, 7) is 0. The van der Waals surface area contributed by atoms with E-state index in [1.54, 1.807) is 26.4 Å². The average Bonchev–Trinajstić information content (AvgIpc) is 2.46. The van der Waals surface area contributed by atoms with Crippen LogP contribution in [-0.2, 0) is 6.42 Å². The lowest BCUT2D eigenvalue weighted by Crippen LogP contribution is -2.00. The lowest BCUT2D eigenvalue weighted by molar-refractivity contribution is 0.354. The summed E-state index contributed by atoms with van der Waals surface area (Å²) in [4.78, 5) is 0. The van der Waals surface area contributed by atoms with Crippen LogP contribution in [0.1, 0.15) is 16.5 Å². The molecule has 0 saturated heterocycles. The number of rotatable bonds is 5. The van der Waals surface area contributed by atoms with Crippen molar-refractivity contribution in [1.82, 2.24) is 0 Å². The molecule has 0 bridgehead atoms. The molecule has 0 aliphatic rings. The van der Waals surface area contributed by atoms with Crippen molar-refractivity contribution < 1.29 is 13.9 Å². The van der Waals surface area contributed by atoms with Gasteiger partial charge in [0.1, 0.15) is 5.82 Å². The molecule has 0 aliphatic carbocycles. The van der Waals surface area contributed by atoms with Gasteiger partial charge in [-0.05, 0) is 36.2 Å². The summed E-state index contributed by atoms with van der Waals surface area (Å²) in [7, 11) is 3.16. The Balaban J connectivity index is 2.21. The predicted molar refractivity (Wildman–Crippen MR) is 85.9 cm³/mol. The first-order valence-corrected chi connectivity index (χ1v) is 7.58. The fourth-order valence-corrected chi connectivity index (χ4v) is 2.77. The number of hydrogen-bond acceptors (Lipinski definition) is 2. The smallest absolute Gasteiger partial charge is 0.160 e. The predicted octanol–water partition coefficient (Wildman–Crippen LogP) is 5.13. The van der Waals surface area contributed by atoms with E-state index in [-0.39, 0.29) is 5.82 Å². The molecule has 2 rings (SSSR count). The van der Waals surface area contributed by atoms with Crippen LogP contribution in [-0.4, -0.2) is 14.2 Å². The maximum absolute atomic E-state index is 13.9. The third-order valence-corrected chi connectivity index (χ3v) is 4.05. The minimum absolute atomic E-state index is 0.315. The maximum Gasteiger partial charge on any atom is 0.160 e. The number of alkyl halides is 1. The van der Waals surface area contributed by atoms with Gasteiger partial charge in [-0.25, -0.2) is 4.39 Å². The van der Waals surface area contributed by atoms with Crippen LogP contribution in [0.25, 0.3) is 0 Å². The van der Waals surface area contributed by atoms with Gasteiger partial charge in [-0.1, -0.05) is 28.1 Å². The Morgan fingerprint density at radius 1 is 1.10 bits per heavy atom. The molecule has 0 radical (unpaired) electrons. The second kappa shape index (κ2) is 7.14. The fourth-order valence-electron chi connectivity index (χ4n) is 2.08. The first kappa shape index (κ1) is 16.1. The van der Waals surface area contributed by atoms with E-state index in [4.69, 9.17) is 21.1 Å². The lowest BCUT2D eigenvalue weighted by Gasteiger charge is -2.13. The normalized spacial score (nSPS) is 12.0. The summed E-state index contributed by atoms with van der Waals surface area (Å²) in [5, 5.41) is -0.448. The van der Waals surface area contributed by atoms with E-state index in [0.717, 1.165) is 5.56 Å². The number of ether oxygens (including phenoxy) is 2. The Hall–Kier alpha value is -1.26. The van der Waals surface area contributed by atoms with Crippen molar-refractivity contribution in [1.29, 1.82) is 0 Å². The molecule has 0 saturated carbocycles. The van der Waals surface area contributed by atoms with E-state index < -0.39 is 5.38 Å². The molecule has 2 aromatic rings. The van der Waals surface area contributed by atoms with Gasteiger partial charge in [0.05, 0.1) is 19.6 Å². The zero-order chi connectivity index (χ0) is 15.4. The Kier molecular flexibility index (Phi) is 5.48. The number of hydrogen-bond donors (Lipinski definition) is 0. The molecule has 112 valence electrons. The molecule has 2 nitrogen and oxygen atoms in total. The van der Waals surface area contributed by atoms with E-state index in [9.17, 15) is 4.39 Å². The molecule has 1 unspecified atom stereocenters. The van der Waals surface area contributed by atoms with Crippen molar-refractivity contribution in [3.63, 3.8) is 0 Å². The molecule has 21 heavy (non-hydrogen) atoms. The van der Waals surface area contributed by atoms with Crippen molar-refractivity contribution >= 4 is 27.5 Å². The van der Waals surface area contributed by atoms with Crippen molar-refractivity contribution in [3.05, 3.63) is 57.8 Å². The largest absolute Gasteiger partial charge is 0.493 e. The highest BCUT2D eigenvalue weighted by Gasteiger charge is 2.15. The molecule has 0 spiro atoms. The van der Waals surface area contributed by atoms with Crippen LogP contribution in [0.4, 0.5) is 4.39 Å². The first-order valence-electron chi connectivity index (χ1n) is 6.35. The zero-order valence-electron chi connectivity index (χ0n) is 11.7. The molecule has 1 atom stereocenters. The van der Waals surface area contributed by atoms with Gasteiger partial charge in [-0.3, -0.25) is 0 Å². The topological polar surface area (TPSA) is 18.5 Å². The van der Waals surface area contributed by atoms with Crippen LogP contribution in [0, 0.1) is 5.82 Å². The van der Waals surface area contributed by atoms with Crippen LogP contribution in [0.5, 0.6) is 11.5 Å². The second-order valence-corrected chi connectivity index (χ2v) is 5.97. The summed E-state index contributed by atoms with van der Waals surface area (Å²) in [6.07, 6.45) is 0.500.